The van der Waals surface area contributed by atoms with E-state index in [1.165, 1.54) is 21.2 Å². The zero-order valence-corrected chi connectivity index (χ0v) is 19.2. The molecule has 0 aliphatic carbocycles. The van der Waals surface area contributed by atoms with Gasteiger partial charge in [-0.3, -0.25) is 19.1 Å². The molecule has 0 unspecified atom stereocenters. The van der Waals surface area contributed by atoms with Gasteiger partial charge in [-0.1, -0.05) is 24.0 Å². The Kier molecular flexibility index (Phi) is 6.98. The Morgan fingerprint density at radius 3 is 2.50 bits per heavy atom. The highest BCUT2D eigenvalue weighted by Crippen LogP contribution is 2.35. The first kappa shape index (κ1) is 22.5. The highest BCUT2D eigenvalue weighted by molar-refractivity contribution is 8.26. The molecule has 2 aliphatic rings. The zero-order chi connectivity index (χ0) is 22.0. The van der Waals surface area contributed by atoms with Gasteiger partial charge in [0.2, 0.25) is 0 Å². The van der Waals surface area contributed by atoms with Crippen LogP contribution in [-0.2, 0) is 16.6 Å². The lowest BCUT2D eigenvalue weighted by atomic mass is 10.0. The Bertz CT molecular complexity index is 1000. The molecule has 0 atom stereocenters. The molecular formula is C20H25N5O3S2. The first-order valence-corrected chi connectivity index (χ1v) is 10.8. The Balaban J connectivity index is 2.12. The molecule has 0 bridgehead atoms. The van der Waals surface area contributed by atoms with Crippen molar-refractivity contribution in [3.63, 3.8) is 0 Å². The molecule has 160 valence electrons. The summed E-state index contributed by atoms with van der Waals surface area (Å²) in [6.45, 7) is 5.79. The fourth-order valence-electron chi connectivity index (χ4n) is 3.62. The van der Waals surface area contributed by atoms with Crippen molar-refractivity contribution in [3.8, 4) is 6.07 Å². The molecule has 0 N–H and O–H groups in total. The number of hydrogen-bond donors (Lipinski definition) is 0. The van der Waals surface area contributed by atoms with Gasteiger partial charge >= 0.3 is 0 Å². The lowest BCUT2D eigenvalue weighted by Gasteiger charge is -2.36. The van der Waals surface area contributed by atoms with Gasteiger partial charge in [0.1, 0.15) is 21.8 Å². The second kappa shape index (κ2) is 9.31. The third-order valence-corrected chi connectivity index (χ3v) is 6.82. The van der Waals surface area contributed by atoms with Gasteiger partial charge in [0.05, 0.1) is 18.1 Å². The van der Waals surface area contributed by atoms with Crippen LogP contribution in [0.2, 0.25) is 0 Å². The number of anilines is 1. The molecule has 0 aromatic carbocycles. The van der Waals surface area contributed by atoms with Crippen LogP contribution in [0.25, 0.3) is 6.08 Å². The largest absolute Gasteiger partial charge is 0.383 e. The fourth-order valence-corrected chi connectivity index (χ4v) is 4.91. The molecule has 3 heterocycles. The maximum absolute atomic E-state index is 12.9. The number of methoxy groups -OCH3 is 1. The van der Waals surface area contributed by atoms with Crippen molar-refractivity contribution in [1.82, 2.24) is 14.4 Å². The minimum absolute atomic E-state index is 0.0940. The number of likely N-dealkylation sites (N-methyl/N-ethyl adjacent to an activating group) is 1. The number of piperazine rings is 1. The minimum atomic E-state index is -0.325. The van der Waals surface area contributed by atoms with Crippen molar-refractivity contribution in [2.45, 2.75) is 6.92 Å². The first-order chi connectivity index (χ1) is 14.3. The summed E-state index contributed by atoms with van der Waals surface area (Å²) in [7, 11) is 5.32. The van der Waals surface area contributed by atoms with Crippen LogP contribution in [-0.4, -0.2) is 78.1 Å². The average molecular weight is 448 g/mol. The molecule has 2 aliphatic heterocycles. The van der Waals surface area contributed by atoms with Crippen molar-refractivity contribution in [2.24, 2.45) is 7.05 Å². The second-order valence-electron chi connectivity index (χ2n) is 7.33. The molecule has 1 aromatic heterocycles. The molecule has 0 spiro atoms. The van der Waals surface area contributed by atoms with E-state index in [1.54, 1.807) is 27.2 Å². The van der Waals surface area contributed by atoms with Gasteiger partial charge in [-0.15, -0.1) is 0 Å². The molecule has 0 saturated carbocycles. The molecule has 30 heavy (non-hydrogen) atoms. The van der Waals surface area contributed by atoms with Crippen molar-refractivity contribution in [2.75, 3.05) is 58.4 Å². The number of pyridine rings is 1. The Labute approximate surface area is 185 Å². The topological polar surface area (TPSA) is 81.8 Å². The monoisotopic (exact) mass is 447 g/mol. The number of rotatable bonds is 5. The van der Waals surface area contributed by atoms with E-state index in [9.17, 15) is 14.9 Å². The van der Waals surface area contributed by atoms with Crippen LogP contribution in [0.3, 0.4) is 0 Å². The van der Waals surface area contributed by atoms with Gasteiger partial charge in [-0.2, -0.15) is 5.26 Å². The van der Waals surface area contributed by atoms with Gasteiger partial charge in [-0.25, -0.2) is 0 Å². The quantitative estimate of drug-likeness (QED) is 0.491. The predicted molar refractivity (Wildman–Crippen MR) is 123 cm³/mol. The van der Waals surface area contributed by atoms with E-state index >= 15 is 0 Å². The van der Waals surface area contributed by atoms with E-state index in [0.29, 0.717) is 33.5 Å². The van der Waals surface area contributed by atoms with Crippen molar-refractivity contribution in [1.29, 1.82) is 5.26 Å². The molecule has 1 aromatic rings. The maximum atomic E-state index is 12.9. The SMILES string of the molecule is COCCN1C(=O)C(=Cc2c(C)c(C#N)c(=O)n(C)c2N2CCN(C)CC2)SC1=S. The Morgan fingerprint density at radius 1 is 1.23 bits per heavy atom. The van der Waals surface area contributed by atoms with E-state index in [0.717, 1.165) is 32.0 Å². The normalized spacial score (nSPS) is 19.1. The summed E-state index contributed by atoms with van der Waals surface area (Å²) >= 11 is 6.60. The number of carbonyl (C=O) groups is 1. The lowest BCUT2D eigenvalue weighted by molar-refractivity contribution is -0.122. The number of thiocarbonyl (C=S) groups is 1. The van der Waals surface area contributed by atoms with Crippen LogP contribution in [0.15, 0.2) is 9.70 Å². The Morgan fingerprint density at radius 2 is 1.90 bits per heavy atom. The number of amides is 1. The standard InChI is InChI=1S/C20H25N5O3S2/c1-13-14(11-16-19(27)25(9-10-28-4)20(29)30-16)17(23(3)18(26)15(13)12-21)24-7-5-22(2)6-8-24/h11H,5-10H2,1-4H3. The molecular weight excluding hydrogens is 422 g/mol. The van der Waals surface area contributed by atoms with Crippen LogP contribution in [0.5, 0.6) is 0 Å². The van der Waals surface area contributed by atoms with Crippen molar-refractivity contribution >= 4 is 46.1 Å². The molecule has 2 fully saturated rings. The van der Waals surface area contributed by atoms with E-state index < -0.39 is 0 Å². The molecule has 1 amide bonds. The summed E-state index contributed by atoms with van der Waals surface area (Å²) in [5.41, 5.74) is 1.06. The highest BCUT2D eigenvalue weighted by Gasteiger charge is 2.33. The smallest absolute Gasteiger partial charge is 0.270 e. The number of nitrogens with zero attached hydrogens (tertiary/aromatic N) is 5. The molecule has 8 nitrogen and oxygen atoms in total. The molecule has 2 saturated heterocycles. The average Bonchev–Trinajstić information content (AvgIpc) is 2.99. The molecule has 3 rings (SSSR count). The number of nitriles is 1. The summed E-state index contributed by atoms with van der Waals surface area (Å²) in [5.74, 6) is 0.546. The first-order valence-electron chi connectivity index (χ1n) is 9.61. The molecule has 10 heteroatoms. The summed E-state index contributed by atoms with van der Waals surface area (Å²) in [6.07, 6.45) is 1.77. The number of thioether (sulfide) groups is 1. The second-order valence-corrected chi connectivity index (χ2v) is 9.01. The van der Waals surface area contributed by atoms with Crippen LogP contribution in [0.4, 0.5) is 5.82 Å². The van der Waals surface area contributed by atoms with Gasteiger partial charge in [0.15, 0.2) is 0 Å². The third kappa shape index (κ3) is 4.16. The summed E-state index contributed by atoms with van der Waals surface area (Å²) < 4.78 is 7.07. The summed E-state index contributed by atoms with van der Waals surface area (Å²) in [4.78, 5) is 32.1. The number of hydrogen-bond acceptors (Lipinski definition) is 8. The predicted octanol–water partition coefficient (Wildman–Crippen LogP) is 1.16. The van der Waals surface area contributed by atoms with Crippen LogP contribution >= 0.6 is 24.0 Å². The highest BCUT2D eigenvalue weighted by atomic mass is 32.2. The minimum Gasteiger partial charge on any atom is -0.383 e. The lowest BCUT2D eigenvalue weighted by Crippen LogP contribution is -2.46. The molecule has 0 radical (unpaired) electrons. The van der Waals surface area contributed by atoms with Crippen LogP contribution in [0, 0.1) is 18.3 Å². The third-order valence-electron chi connectivity index (χ3n) is 5.44. The fraction of sp³-hybridized carbons (Fsp3) is 0.500. The van der Waals surface area contributed by atoms with Crippen molar-refractivity contribution < 1.29 is 9.53 Å². The van der Waals surface area contributed by atoms with Gasteiger partial charge in [0.25, 0.3) is 11.5 Å². The Hall–Kier alpha value is -2.19. The maximum Gasteiger partial charge on any atom is 0.270 e. The number of ether oxygens (including phenoxy) is 1. The van der Waals surface area contributed by atoms with Crippen molar-refractivity contribution in [3.05, 3.63) is 31.9 Å². The van der Waals surface area contributed by atoms with Gasteiger partial charge < -0.3 is 14.5 Å². The number of carbonyl (C=O) groups excluding carboxylic acids is 1. The van der Waals surface area contributed by atoms with Crippen LogP contribution in [0.1, 0.15) is 16.7 Å². The van der Waals surface area contributed by atoms with Crippen LogP contribution < -0.4 is 10.5 Å². The summed E-state index contributed by atoms with van der Waals surface area (Å²) in [5, 5.41) is 9.56. The summed E-state index contributed by atoms with van der Waals surface area (Å²) in [6, 6.07) is 2.03. The van der Waals surface area contributed by atoms with E-state index in [1.807, 2.05) is 6.07 Å². The van der Waals surface area contributed by atoms with E-state index in [-0.39, 0.29) is 17.0 Å². The van der Waals surface area contributed by atoms with E-state index in [4.69, 9.17) is 17.0 Å². The van der Waals surface area contributed by atoms with Gasteiger partial charge in [-0.05, 0) is 25.6 Å². The zero-order valence-electron chi connectivity index (χ0n) is 17.6. The van der Waals surface area contributed by atoms with E-state index in [2.05, 4.69) is 16.8 Å². The van der Waals surface area contributed by atoms with Gasteiger partial charge in [0, 0.05) is 45.9 Å². The number of aromatic nitrogens is 1.